The Kier molecular flexibility index (Phi) is 7.97. The van der Waals surface area contributed by atoms with E-state index in [0.717, 1.165) is 25.7 Å². The first-order chi connectivity index (χ1) is 13.0. The summed E-state index contributed by atoms with van der Waals surface area (Å²) in [6, 6.07) is 1.48. The van der Waals surface area contributed by atoms with Gasteiger partial charge >= 0.3 is 5.69 Å². The Morgan fingerprint density at radius 3 is 2.74 bits per heavy atom. The van der Waals surface area contributed by atoms with E-state index >= 15 is 0 Å². The van der Waals surface area contributed by atoms with E-state index in [-0.39, 0.29) is 12.4 Å². The van der Waals surface area contributed by atoms with Gasteiger partial charge in [-0.3, -0.25) is 4.57 Å². The number of hydrogen-bond donors (Lipinski definition) is 2. The summed E-state index contributed by atoms with van der Waals surface area (Å²) in [4.78, 5) is 15.9. The predicted molar refractivity (Wildman–Crippen MR) is 102 cm³/mol. The molecule has 2 rings (SSSR count). The Balaban J connectivity index is 2.27. The summed E-state index contributed by atoms with van der Waals surface area (Å²) < 4.78 is 19.0. The quantitative estimate of drug-likeness (QED) is 0.443. The number of rotatable bonds is 11. The number of unbranched alkanes of at least 4 members (excludes halogenated alkanes) is 2. The van der Waals surface area contributed by atoms with E-state index in [4.69, 9.17) is 19.9 Å². The van der Waals surface area contributed by atoms with Crippen LogP contribution in [0.3, 0.4) is 0 Å². The van der Waals surface area contributed by atoms with E-state index in [1.165, 1.54) is 16.8 Å². The van der Waals surface area contributed by atoms with E-state index in [1.807, 2.05) is 0 Å². The Bertz CT molecular complexity index is 665. The van der Waals surface area contributed by atoms with E-state index in [1.54, 1.807) is 6.08 Å². The van der Waals surface area contributed by atoms with Crippen LogP contribution in [0.1, 0.15) is 45.8 Å². The molecule has 1 aromatic rings. The van der Waals surface area contributed by atoms with Gasteiger partial charge in [0.05, 0.1) is 6.61 Å². The molecule has 2 heterocycles. The van der Waals surface area contributed by atoms with Crippen LogP contribution in [0.15, 0.2) is 29.7 Å². The van der Waals surface area contributed by atoms with E-state index in [9.17, 15) is 9.90 Å². The number of ether oxygens (including phenoxy) is 3. The number of nitrogen functional groups attached to an aromatic ring is 1. The van der Waals surface area contributed by atoms with Crippen LogP contribution in [0.25, 0.3) is 0 Å². The first kappa shape index (κ1) is 21.6. The van der Waals surface area contributed by atoms with Crippen LogP contribution in [-0.4, -0.2) is 52.3 Å². The molecule has 8 heteroatoms. The Labute approximate surface area is 159 Å². The standard InChI is InChI=1S/C19H31N3O5/c1-4-7-11-25-13-19(6-3)16(26-12-8-5-2)15(23)17(27-19)22-10-9-14(20)21-18(22)24/h6,9-10,15-17,23H,3-5,7-8,11-13H2,1-2H3,(H2,20,21,24)/t15-,16+,17-,19-/m1/s1. The van der Waals surface area contributed by atoms with Gasteiger partial charge in [0, 0.05) is 19.4 Å². The summed E-state index contributed by atoms with van der Waals surface area (Å²) in [5.41, 5.74) is 3.89. The fraction of sp³-hybridized carbons (Fsp3) is 0.684. The lowest BCUT2D eigenvalue weighted by molar-refractivity contribution is -0.125. The third-order valence-corrected chi connectivity index (χ3v) is 4.66. The third kappa shape index (κ3) is 4.95. The first-order valence-electron chi connectivity index (χ1n) is 9.52. The Morgan fingerprint density at radius 1 is 1.41 bits per heavy atom. The number of aromatic nitrogens is 2. The monoisotopic (exact) mass is 381 g/mol. The zero-order valence-corrected chi connectivity index (χ0v) is 16.2. The fourth-order valence-corrected chi connectivity index (χ4v) is 3.05. The molecule has 0 saturated carbocycles. The highest BCUT2D eigenvalue weighted by molar-refractivity contribution is 5.24. The lowest BCUT2D eigenvalue weighted by Crippen LogP contribution is -2.47. The van der Waals surface area contributed by atoms with E-state index in [2.05, 4.69) is 25.4 Å². The van der Waals surface area contributed by atoms with Crippen molar-refractivity contribution in [1.82, 2.24) is 9.55 Å². The minimum atomic E-state index is -1.09. The average molecular weight is 381 g/mol. The van der Waals surface area contributed by atoms with Gasteiger partial charge in [0.25, 0.3) is 0 Å². The zero-order valence-electron chi connectivity index (χ0n) is 16.2. The summed E-state index contributed by atoms with van der Waals surface area (Å²) in [7, 11) is 0. The van der Waals surface area contributed by atoms with Crippen molar-refractivity contribution in [2.75, 3.05) is 25.6 Å². The summed E-state index contributed by atoms with van der Waals surface area (Å²) in [6.45, 7) is 9.22. The maximum Gasteiger partial charge on any atom is 0.351 e. The van der Waals surface area contributed by atoms with Gasteiger partial charge in [0.1, 0.15) is 23.6 Å². The minimum absolute atomic E-state index is 0.109. The lowest BCUT2D eigenvalue weighted by Gasteiger charge is -2.31. The fourth-order valence-electron chi connectivity index (χ4n) is 3.05. The van der Waals surface area contributed by atoms with Gasteiger partial charge in [-0.2, -0.15) is 4.98 Å². The Hall–Kier alpha value is -1.74. The summed E-state index contributed by atoms with van der Waals surface area (Å²) >= 11 is 0. The van der Waals surface area contributed by atoms with Gasteiger partial charge < -0.3 is 25.1 Å². The molecule has 152 valence electrons. The van der Waals surface area contributed by atoms with Crippen molar-refractivity contribution in [3.63, 3.8) is 0 Å². The minimum Gasteiger partial charge on any atom is -0.386 e. The highest BCUT2D eigenvalue weighted by Crippen LogP contribution is 2.40. The maximum atomic E-state index is 12.2. The molecule has 0 unspecified atom stereocenters. The number of nitrogens with two attached hydrogens (primary N) is 1. The second-order valence-corrected chi connectivity index (χ2v) is 6.75. The van der Waals surface area contributed by atoms with Crippen LogP contribution in [-0.2, 0) is 14.2 Å². The van der Waals surface area contributed by atoms with Gasteiger partial charge in [0.2, 0.25) is 0 Å². The average Bonchev–Trinajstić information content (AvgIpc) is 2.92. The summed E-state index contributed by atoms with van der Waals surface area (Å²) in [5.74, 6) is 0.109. The number of aliphatic hydroxyl groups excluding tert-OH is 1. The van der Waals surface area contributed by atoms with E-state index < -0.39 is 29.7 Å². The maximum absolute atomic E-state index is 12.2. The largest absolute Gasteiger partial charge is 0.386 e. The second-order valence-electron chi connectivity index (χ2n) is 6.75. The molecule has 0 spiro atoms. The molecule has 3 N–H and O–H groups in total. The number of anilines is 1. The van der Waals surface area contributed by atoms with Gasteiger partial charge in [-0.1, -0.05) is 32.8 Å². The second kappa shape index (κ2) is 9.98. The number of hydrogen-bond acceptors (Lipinski definition) is 7. The summed E-state index contributed by atoms with van der Waals surface area (Å²) in [5, 5.41) is 10.9. The van der Waals surface area contributed by atoms with Gasteiger partial charge in [-0.05, 0) is 18.9 Å². The molecule has 4 atom stereocenters. The highest BCUT2D eigenvalue weighted by Gasteiger charge is 2.55. The molecule has 8 nitrogen and oxygen atoms in total. The number of aliphatic hydroxyl groups is 1. The molecule has 0 bridgehead atoms. The van der Waals surface area contributed by atoms with Crippen LogP contribution in [0.2, 0.25) is 0 Å². The smallest absolute Gasteiger partial charge is 0.351 e. The van der Waals surface area contributed by atoms with Crippen molar-refractivity contribution in [2.45, 2.75) is 63.6 Å². The molecule has 0 amide bonds. The topological polar surface area (TPSA) is 109 Å². The molecular weight excluding hydrogens is 350 g/mol. The van der Waals surface area contributed by atoms with Crippen molar-refractivity contribution >= 4 is 5.82 Å². The molecule has 1 aromatic heterocycles. The van der Waals surface area contributed by atoms with Crippen LogP contribution < -0.4 is 11.4 Å². The zero-order chi connectivity index (χ0) is 19.9. The van der Waals surface area contributed by atoms with Crippen LogP contribution in [0, 0.1) is 0 Å². The van der Waals surface area contributed by atoms with Crippen LogP contribution >= 0.6 is 0 Å². The van der Waals surface area contributed by atoms with Crippen molar-refractivity contribution in [1.29, 1.82) is 0 Å². The summed E-state index contributed by atoms with van der Waals surface area (Å²) in [6.07, 6.45) is 4.02. The molecule has 0 radical (unpaired) electrons. The van der Waals surface area contributed by atoms with E-state index in [0.29, 0.717) is 13.2 Å². The first-order valence-corrected chi connectivity index (χ1v) is 9.52. The Morgan fingerprint density at radius 2 is 2.11 bits per heavy atom. The van der Waals surface area contributed by atoms with Gasteiger partial charge in [0.15, 0.2) is 6.23 Å². The number of nitrogens with zero attached hydrogens (tertiary/aromatic N) is 2. The molecule has 1 aliphatic heterocycles. The van der Waals surface area contributed by atoms with Crippen LogP contribution in [0.4, 0.5) is 5.82 Å². The van der Waals surface area contributed by atoms with Crippen molar-refractivity contribution in [2.24, 2.45) is 0 Å². The van der Waals surface area contributed by atoms with Crippen molar-refractivity contribution in [3.05, 3.63) is 35.4 Å². The predicted octanol–water partition coefficient (Wildman–Crippen LogP) is 1.64. The van der Waals surface area contributed by atoms with Gasteiger partial charge in [-0.15, -0.1) is 6.58 Å². The third-order valence-electron chi connectivity index (χ3n) is 4.66. The van der Waals surface area contributed by atoms with Crippen molar-refractivity contribution < 1.29 is 19.3 Å². The van der Waals surface area contributed by atoms with Crippen molar-refractivity contribution in [3.8, 4) is 0 Å². The molecule has 27 heavy (non-hydrogen) atoms. The molecular formula is C19H31N3O5. The molecule has 0 aliphatic carbocycles. The molecule has 1 saturated heterocycles. The highest BCUT2D eigenvalue weighted by atomic mass is 16.6. The SMILES string of the molecule is C=C[C@]1(COCCCC)O[C@@H](n2ccc(N)nc2=O)[C@H](O)[C@@H]1OCCCC. The lowest BCUT2D eigenvalue weighted by atomic mass is 9.95. The molecule has 1 aliphatic rings. The molecule has 1 fully saturated rings. The van der Waals surface area contributed by atoms with Crippen LogP contribution in [0.5, 0.6) is 0 Å². The molecule has 0 aromatic carbocycles. The normalized spacial score (nSPS) is 27.7. The van der Waals surface area contributed by atoms with Gasteiger partial charge in [-0.25, -0.2) is 4.79 Å².